The van der Waals surface area contributed by atoms with Crippen LogP contribution in [0.3, 0.4) is 0 Å². The average molecular weight is 102 g/mol. The molecule has 2 nitrogen and oxygen atoms in total. The van der Waals surface area contributed by atoms with Crippen LogP contribution < -0.4 is 0 Å². The Labute approximate surface area is 31.4 Å². The normalized spacial score (nSPS) is 8.40. The molecule has 5 heteroatoms. The van der Waals surface area contributed by atoms with E-state index < -0.39 is 12.4 Å². The standard InChI is InChI=1S/F2O2S/c1-3-4-5-2. The van der Waals surface area contributed by atoms with Crippen molar-refractivity contribution < 1.29 is 17.8 Å². The van der Waals surface area contributed by atoms with E-state index in [1.807, 2.05) is 0 Å². The summed E-state index contributed by atoms with van der Waals surface area (Å²) in [5.41, 5.74) is 0. The molecule has 0 saturated heterocycles. The summed E-state index contributed by atoms with van der Waals surface area (Å²) in [6.45, 7) is 0. The highest BCUT2D eigenvalue weighted by atomic mass is 32.2. The lowest BCUT2D eigenvalue weighted by molar-refractivity contribution is -0.360. The zero-order chi connectivity index (χ0) is 4.12. The Balaban J connectivity index is 2.19. The predicted octanol–water partition coefficient (Wildman–Crippen LogP) is 1.35. The van der Waals surface area contributed by atoms with Gasteiger partial charge in [-0.2, -0.15) is 0 Å². The van der Waals surface area contributed by atoms with Crippen molar-refractivity contribution in [3.8, 4) is 0 Å². The van der Waals surface area contributed by atoms with Gasteiger partial charge in [0, 0.05) is 0 Å². The lowest BCUT2D eigenvalue weighted by Crippen LogP contribution is -1.60. The molecule has 0 radical (unpaired) electrons. The quantitative estimate of drug-likeness (QED) is 0.298. The van der Waals surface area contributed by atoms with E-state index >= 15 is 0 Å². The number of halogens is 2. The van der Waals surface area contributed by atoms with Crippen molar-refractivity contribution in [3.05, 3.63) is 0 Å². The van der Waals surface area contributed by atoms with Gasteiger partial charge in [0.2, 0.25) is 12.4 Å². The molecule has 0 atom stereocenters. The van der Waals surface area contributed by atoms with Gasteiger partial charge in [0.15, 0.2) is 0 Å². The second-order valence-electron chi connectivity index (χ2n) is 0.194. The zero-order valence-corrected chi connectivity index (χ0v) is 2.80. The van der Waals surface area contributed by atoms with E-state index in [-0.39, 0.29) is 0 Å². The fourth-order valence-corrected chi connectivity index (χ4v) is 0.0292. The monoisotopic (exact) mass is 102 g/mol. The highest BCUT2D eigenvalue weighted by Crippen LogP contribution is 2.01. The Morgan fingerprint density at radius 1 is 1.60 bits per heavy atom. The Kier molecular flexibility index (Phi) is 4.24. The maximum atomic E-state index is 10.3. The topological polar surface area (TPSA) is 18.5 Å². The molecule has 0 aliphatic rings. The minimum atomic E-state index is -0.696. The predicted molar refractivity (Wildman–Crippen MR) is 12.0 cm³/mol. The summed E-state index contributed by atoms with van der Waals surface area (Å²) in [4.78, 5) is 0. The van der Waals surface area contributed by atoms with Gasteiger partial charge in [-0.3, -0.25) is 0 Å². The maximum absolute atomic E-state index is 10.3. The maximum Gasteiger partial charge on any atom is 0.245 e. The van der Waals surface area contributed by atoms with Crippen molar-refractivity contribution in [1.29, 1.82) is 0 Å². The molecule has 0 aliphatic heterocycles. The molecule has 0 amide bonds. The van der Waals surface area contributed by atoms with Crippen LogP contribution in [-0.4, -0.2) is 0 Å². The minimum Gasteiger partial charge on any atom is -0.130 e. The van der Waals surface area contributed by atoms with E-state index in [0.29, 0.717) is 0 Å². The van der Waals surface area contributed by atoms with Gasteiger partial charge in [-0.05, 0) is 9.62 Å². The molecule has 5 heavy (non-hydrogen) atoms. The van der Waals surface area contributed by atoms with Crippen LogP contribution in [0.2, 0.25) is 0 Å². The minimum absolute atomic E-state index is 0.696. The van der Waals surface area contributed by atoms with Crippen molar-refractivity contribution in [1.82, 2.24) is 0 Å². The van der Waals surface area contributed by atoms with E-state index in [0.717, 1.165) is 0 Å². The van der Waals surface area contributed by atoms with E-state index in [4.69, 9.17) is 0 Å². The molecule has 0 fully saturated rings. The summed E-state index contributed by atoms with van der Waals surface area (Å²) < 4.78 is 23.2. The SMILES string of the molecule is FOOSF. The number of hydrogen-bond acceptors (Lipinski definition) is 3. The highest BCUT2D eigenvalue weighted by Gasteiger charge is 1.76. The first kappa shape index (κ1) is 5.13. The molecule has 0 heterocycles. The highest BCUT2D eigenvalue weighted by molar-refractivity contribution is 7.89. The second kappa shape index (κ2) is 4.13. The van der Waals surface area contributed by atoms with Gasteiger partial charge in [0.05, 0.1) is 0 Å². The first-order valence-corrected chi connectivity index (χ1v) is 1.28. The smallest absolute Gasteiger partial charge is 0.130 e. The molecule has 0 aromatic rings. The second-order valence-corrected chi connectivity index (χ2v) is 0.456. The molecule has 0 unspecified atom stereocenters. The van der Waals surface area contributed by atoms with Gasteiger partial charge < -0.3 is 0 Å². The lowest BCUT2D eigenvalue weighted by Gasteiger charge is -1.72. The van der Waals surface area contributed by atoms with Crippen LogP contribution >= 0.6 is 12.4 Å². The van der Waals surface area contributed by atoms with Crippen molar-refractivity contribution in [2.45, 2.75) is 0 Å². The lowest BCUT2D eigenvalue weighted by atomic mass is 14.8. The summed E-state index contributed by atoms with van der Waals surface area (Å²) in [6.07, 6.45) is 0. The third-order valence-corrected chi connectivity index (χ3v) is 0.154. The Morgan fingerprint density at radius 3 is 2.20 bits per heavy atom. The fourth-order valence-electron chi connectivity index (χ4n) is 0.00972. The third kappa shape index (κ3) is 4.13. The molecular formula is F2O2S. The van der Waals surface area contributed by atoms with Crippen LogP contribution in [0.25, 0.3) is 0 Å². The molecular weight excluding hydrogens is 102 g/mol. The van der Waals surface area contributed by atoms with E-state index in [1.165, 1.54) is 0 Å². The molecule has 0 aliphatic carbocycles. The Hall–Kier alpha value is 0.130. The van der Waals surface area contributed by atoms with Crippen molar-refractivity contribution >= 4 is 12.4 Å². The van der Waals surface area contributed by atoms with Gasteiger partial charge in [0.1, 0.15) is 0 Å². The average Bonchev–Trinajstić information content (AvgIpc) is 1.41. The van der Waals surface area contributed by atoms with Crippen LogP contribution in [0.1, 0.15) is 0 Å². The Morgan fingerprint density at radius 2 is 2.20 bits per heavy atom. The van der Waals surface area contributed by atoms with Crippen molar-refractivity contribution in [2.24, 2.45) is 0 Å². The molecule has 0 N–H and O–H groups in total. The molecule has 0 aromatic heterocycles. The molecule has 0 rings (SSSR count). The van der Waals surface area contributed by atoms with Gasteiger partial charge in [-0.1, -0.05) is 4.33 Å². The largest absolute Gasteiger partial charge is 0.245 e. The van der Waals surface area contributed by atoms with E-state index in [9.17, 15) is 8.41 Å². The van der Waals surface area contributed by atoms with Crippen molar-refractivity contribution in [2.75, 3.05) is 0 Å². The van der Waals surface area contributed by atoms with Gasteiger partial charge in [-0.25, -0.2) is 0 Å². The van der Waals surface area contributed by atoms with Gasteiger partial charge >= 0.3 is 0 Å². The molecule has 0 spiro atoms. The van der Waals surface area contributed by atoms with Crippen LogP contribution in [0.4, 0.5) is 8.41 Å². The zero-order valence-electron chi connectivity index (χ0n) is 1.98. The first-order valence-electron chi connectivity index (χ1n) is 0.642. The summed E-state index contributed by atoms with van der Waals surface area (Å²) in [7, 11) is 0. The van der Waals surface area contributed by atoms with E-state index in [2.05, 4.69) is 9.43 Å². The fraction of sp³-hybridized carbons (Fsp3) is 0. The van der Waals surface area contributed by atoms with Crippen molar-refractivity contribution in [3.63, 3.8) is 0 Å². The number of hydrogen-bond donors (Lipinski definition) is 0. The van der Waals surface area contributed by atoms with E-state index in [1.54, 1.807) is 0 Å². The van der Waals surface area contributed by atoms with Crippen LogP contribution in [0.15, 0.2) is 0 Å². The number of rotatable bonds is 2. The third-order valence-electron chi connectivity index (χ3n) is 0.0514. The summed E-state index contributed by atoms with van der Waals surface area (Å²) in [5.74, 6) is 0. The summed E-state index contributed by atoms with van der Waals surface area (Å²) in [6, 6.07) is 0. The Bertz CT molecular complexity index is 15.1. The van der Waals surface area contributed by atoms with Crippen LogP contribution in [0.5, 0.6) is 0 Å². The van der Waals surface area contributed by atoms with Gasteiger partial charge in [0.25, 0.3) is 0 Å². The van der Waals surface area contributed by atoms with Gasteiger partial charge in [-0.15, -0.1) is 3.89 Å². The molecule has 0 aromatic carbocycles. The van der Waals surface area contributed by atoms with Crippen LogP contribution in [0, 0.1) is 0 Å². The van der Waals surface area contributed by atoms with Crippen LogP contribution in [-0.2, 0) is 9.43 Å². The molecule has 0 bridgehead atoms. The molecule has 0 saturated carbocycles. The molecule has 32 valence electrons. The summed E-state index contributed by atoms with van der Waals surface area (Å²) in [5, 5.41) is 2.28. The summed E-state index contributed by atoms with van der Waals surface area (Å²) >= 11 is -0.696. The first-order chi connectivity index (χ1) is 2.41.